The summed E-state index contributed by atoms with van der Waals surface area (Å²) in [6, 6.07) is 0.918. The predicted octanol–water partition coefficient (Wildman–Crippen LogP) is 5.06. The van der Waals surface area contributed by atoms with Crippen LogP contribution in [0.15, 0.2) is 56.2 Å². The van der Waals surface area contributed by atoms with E-state index in [1.54, 1.807) is 33.8 Å². The van der Waals surface area contributed by atoms with Crippen LogP contribution >= 0.6 is 0 Å². The van der Waals surface area contributed by atoms with E-state index in [1.165, 1.54) is 19.5 Å². The number of rotatable bonds is 12. The molecule has 2 atom stereocenters. The van der Waals surface area contributed by atoms with Gasteiger partial charge in [-0.1, -0.05) is 12.2 Å². The van der Waals surface area contributed by atoms with E-state index in [0.29, 0.717) is 34.9 Å². The van der Waals surface area contributed by atoms with E-state index in [2.05, 4.69) is 33.4 Å². The number of hydrogen-bond acceptors (Lipinski definition) is 6. The fourth-order valence-corrected chi connectivity index (χ4v) is 3.71. The van der Waals surface area contributed by atoms with E-state index >= 15 is 0 Å². The van der Waals surface area contributed by atoms with Gasteiger partial charge in [0.1, 0.15) is 5.75 Å². The van der Waals surface area contributed by atoms with Crippen molar-refractivity contribution in [2.75, 3.05) is 20.3 Å². The molecule has 11 heteroatoms. The summed E-state index contributed by atoms with van der Waals surface area (Å²) >= 11 is 0. The Morgan fingerprint density at radius 3 is 2.73 bits per heavy atom. The molecule has 0 aliphatic carbocycles. The monoisotopic (exact) mass is 514 g/mol. The van der Waals surface area contributed by atoms with Gasteiger partial charge in [0.05, 0.1) is 30.7 Å². The van der Waals surface area contributed by atoms with E-state index in [9.17, 15) is 13.6 Å². The van der Waals surface area contributed by atoms with Crippen molar-refractivity contribution >= 4 is 11.7 Å². The maximum absolute atomic E-state index is 14.1. The third-order valence-electron chi connectivity index (χ3n) is 5.79. The number of imidazole rings is 1. The van der Waals surface area contributed by atoms with Gasteiger partial charge in [-0.25, -0.2) is 23.5 Å². The molecule has 2 amide bonds. The molecule has 9 nitrogen and oxygen atoms in total. The highest BCUT2D eigenvalue weighted by Crippen LogP contribution is 2.33. The molecule has 198 valence electrons. The summed E-state index contributed by atoms with van der Waals surface area (Å²) in [5.41, 5.74) is 1.83. The lowest BCUT2D eigenvalue weighted by Gasteiger charge is -2.29. The lowest BCUT2D eigenvalue weighted by Crippen LogP contribution is -2.44. The molecule has 0 aromatic carbocycles. The molecule has 1 N–H and O–H groups in total. The van der Waals surface area contributed by atoms with Crippen molar-refractivity contribution in [1.29, 1.82) is 0 Å². The zero-order chi connectivity index (χ0) is 27.2. The number of ether oxygens (including phenoxy) is 2. The average Bonchev–Trinajstić information content (AvgIpc) is 3.36. The molecule has 0 saturated heterocycles. The molecule has 3 aromatic rings. The van der Waals surface area contributed by atoms with Gasteiger partial charge in [-0.3, -0.25) is 4.98 Å². The topological polar surface area (TPSA) is 93.9 Å². The molecule has 1 unspecified atom stereocenters. The molecule has 0 aliphatic heterocycles. The van der Waals surface area contributed by atoms with Crippen LogP contribution in [0.1, 0.15) is 38.9 Å². The number of amides is 2. The Kier molecular flexibility index (Phi) is 8.80. The number of nitrogens with zero attached hydrogens (tertiary/aromatic N) is 5. The van der Waals surface area contributed by atoms with Crippen molar-refractivity contribution in [3.63, 3.8) is 0 Å². The van der Waals surface area contributed by atoms with Gasteiger partial charge in [0.2, 0.25) is 5.65 Å². The molecule has 3 aromatic heterocycles. The molecule has 0 fully saturated rings. The van der Waals surface area contributed by atoms with Crippen LogP contribution in [-0.4, -0.2) is 62.5 Å². The molecular weight excluding hydrogens is 482 g/mol. The number of alkyl halides is 2. The number of hydrogen-bond donors (Lipinski definition) is 1. The van der Waals surface area contributed by atoms with Crippen molar-refractivity contribution in [2.45, 2.75) is 45.2 Å². The number of nitrogens with one attached hydrogen (secondary N) is 1. The molecule has 3 rings (SSSR count). The Bertz CT molecular complexity index is 1260. The highest BCUT2D eigenvalue weighted by Gasteiger charge is 2.29. The first-order chi connectivity index (χ1) is 17.6. The molecule has 0 bridgehead atoms. The molecule has 0 saturated carbocycles. The summed E-state index contributed by atoms with van der Waals surface area (Å²) in [6.07, 6.45) is 8.68. The van der Waals surface area contributed by atoms with Gasteiger partial charge in [0, 0.05) is 43.2 Å². The number of allylic oxidation sites excluding steroid dienone is 1. The zero-order valence-corrected chi connectivity index (χ0v) is 21.4. The Labute approximate surface area is 214 Å². The fourth-order valence-electron chi connectivity index (χ4n) is 3.71. The Balaban J connectivity index is 2.01. The molecule has 0 spiro atoms. The lowest BCUT2D eigenvalue weighted by molar-refractivity contribution is -0.0385. The van der Waals surface area contributed by atoms with Crippen molar-refractivity contribution < 1.29 is 23.0 Å². The summed E-state index contributed by atoms with van der Waals surface area (Å²) in [6.45, 7) is 12.2. The van der Waals surface area contributed by atoms with Crippen molar-refractivity contribution in [1.82, 2.24) is 29.6 Å². The van der Waals surface area contributed by atoms with Gasteiger partial charge >= 0.3 is 6.03 Å². The SMILES string of the molecule is C=CCC(F)(F)COc1nc(-c2cc([C@@H](C)N(CC)C(=O)NC(C)C=C)ncc2OC)cn2ccnc12. The number of fused-ring (bicyclic) bond motifs is 1. The second-order valence-corrected chi connectivity index (χ2v) is 8.47. The quantitative estimate of drug-likeness (QED) is 0.340. The highest BCUT2D eigenvalue weighted by atomic mass is 19.3. The maximum atomic E-state index is 14.1. The van der Waals surface area contributed by atoms with E-state index < -0.39 is 25.0 Å². The number of halogens is 2. The van der Waals surface area contributed by atoms with Crippen LogP contribution in [0.25, 0.3) is 16.9 Å². The minimum atomic E-state index is -3.10. The van der Waals surface area contributed by atoms with E-state index in [1.807, 2.05) is 20.8 Å². The first-order valence-corrected chi connectivity index (χ1v) is 11.8. The largest absolute Gasteiger partial charge is 0.494 e. The van der Waals surface area contributed by atoms with Crippen LogP contribution in [-0.2, 0) is 0 Å². The van der Waals surface area contributed by atoms with Crippen LogP contribution in [0.5, 0.6) is 11.6 Å². The van der Waals surface area contributed by atoms with E-state index in [0.717, 1.165) is 6.08 Å². The third-order valence-corrected chi connectivity index (χ3v) is 5.79. The van der Waals surface area contributed by atoms with Crippen molar-refractivity contribution in [3.05, 3.63) is 61.9 Å². The van der Waals surface area contributed by atoms with Crippen LogP contribution in [0.4, 0.5) is 13.6 Å². The number of pyridine rings is 1. The number of urea groups is 1. The third kappa shape index (κ3) is 6.41. The van der Waals surface area contributed by atoms with Gasteiger partial charge in [0.25, 0.3) is 11.8 Å². The summed E-state index contributed by atoms with van der Waals surface area (Å²) < 4.78 is 40.7. The maximum Gasteiger partial charge on any atom is 0.318 e. The Morgan fingerprint density at radius 1 is 1.32 bits per heavy atom. The van der Waals surface area contributed by atoms with Gasteiger partial charge in [-0.05, 0) is 26.8 Å². The second kappa shape index (κ2) is 11.8. The molecule has 0 radical (unpaired) electrons. The van der Waals surface area contributed by atoms with Gasteiger partial charge in [0.15, 0.2) is 6.61 Å². The molecular formula is C26H32F2N6O3. The Hall–Kier alpha value is -4.02. The number of methoxy groups -OCH3 is 1. The van der Waals surface area contributed by atoms with Crippen molar-refractivity contribution in [2.24, 2.45) is 0 Å². The Morgan fingerprint density at radius 2 is 2.08 bits per heavy atom. The number of carbonyl (C=O) groups is 1. The molecule has 37 heavy (non-hydrogen) atoms. The van der Waals surface area contributed by atoms with Crippen LogP contribution in [0.2, 0.25) is 0 Å². The standard InChI is InChI=1S/C26H32F2N6O3/c1-7-10-26(27,28)16-37-24-23-29-11-12-33(23)15-21(32-24)19-13-20(30-14-22(19)36-6)18(5)34(9-3)25(35)31-17(4)8-2/h7-8,11-15,17-18H,1-2,9-10,16H2,3-6H3,(H,31,35)/t17?,18-/m1/s1. The van der Waals surface area contributed by atoms with Crippen LogP contribution < -0.4 is 14.8 Å². The van der Waals surface area contributed by atoms with Crippen LogP contribution in [0, 0.1) is 0 Å². The number of aromatic nitrogens is 4. The highest BCUT2D eigenvalue weighted by molar-refractivity contribution is 5.75. The minimum Gasteiger partial charge on any atom is -0.494 e. The van der Waals surface area contributed by atoms with Gasteiger partial charge in [-0.15, -0.1) is 13.2 Å². The lowest BCUT2D eigenvalue weighted by atomic mass is 10.1. The normalized spacial score (nSPS) is 13.0. The van der Waals surface area contributed by atoms with E-state index in [-0.39, 0.29) is 18.0 Å². The second-order valence-electron chi connectivity index (χ2n) is 8.47. The average molecular weight is 515 g/mol. The van der Waals surface area contributed by atoms with Crippen LogP contribution in [0.3, 0.4) is 0 Å². The first kappa shape index (κ1) is 27.6. The van der Waals surface area contributed by atoms with Crippen molar-refractivity contribution in [3.8, 4) is 22.9 Å². The summed E-state index contributed by atoms with van der Waals surface area (Å²) in [7, 11) is 1.50. The minimum absolute atomic E-state index is 0.0484. The first-order valence-electron chi connectivity index (χ1n) is 11.8. The van der Waals surface area contributed by atoms with Gasteiger partial charge in [-0.2, -0.15) is 0 Å². The number of carbonyl (C=O) groups excluding carboxylic acids is 1. The molecule has 3 heterocycles. The summed E-state index contributed by atoms with van der Waals surface area (Å²) in [5.74, 6) is -2.74. The predicted molar refractivity (Wildman–Crippen MR) is 137 cm³/mol. The van der Waals surface area contributed by atoms with Gasteiger partial charge < -0.3 is 24.1 Å². The van der Waals surface area contributed by atoms with E-state index in [4.69, 9.17) is 9.47 Å². The summed E-state index contributed by atoms with van der Waals surface area (Å²) in [4.78, 5) is 27.6. The fraction of sp³-hybridized carbons (Fsp3) is 0.385. The smallest absolute Gasteiger partial charge is 0.318 e. The summed E-state index contributed by atoms with van der Waals surface area (Å²) in [5, 5.41) is 2.87. The zero-order valence-electron chi connectivity index (χ0n) is 21.4. The molecule has 0 aliphatic rings.